The molecule has 1 unspecified atom stereocenters. The van der Waals surface area contributed by atoms with Gasteiger partial charge in [-0.25, -0.2) is 9.97 Å². The van der Waals surface area contributed by atoms with Gasteiger partial charge in [0.15, 0.2) is 11.6 Å². The third kappa shape index (κ3) is 4.80. The molecule has 0 radical (unpaired) electrons. The third-order valence-electron chi connectivity index (χ3n) is 5.00. The molecule has 1 aromatic heterocycles. The normalized spacial score (nSPS) is 15.2. The molecule has 5 heteroatoms. The Bertz CT molecular complexity index is 928. The highest BCUT2D eigenvalue weighted by atomic mass is 16.1. The van der Waals surface area contributed by atoms with Gasteiger partial charge < -0.3 is 5.32 Å². The molecule has 5 nitrogen and oxygen atoms in total. The molecule has 1 atom stereocenters. The van der Waals surface area contributed by atoms with E-state index in [-0.39, 0.29) is 17.6 Å². The first-order valence-electron chi connectivity index (χ1n) is 9.50. The van der Waals surface area contributed by atoms with Crippen LogP contribution in [0.25, 0.3) is 0 Å². The summed E-state index contributed by atoms with van der Waals surface area (Å²) in [5, 5.41) is 3.30. The maximum absolute atomic E-state index is 12.6. The van der Waals surface area contributed by atoms with Crippen molar-refractivity contribution in [3.05, 3.63) is 76.8 Å². The largest absolute Gasteiger partial charge is 0.363 e. The Morgan fingerprint density at radius 2 is 1.93 bits per heavy atom. The second kappa shape index (κ2) is 8.74. The van der Waals surface area contributed by atoms with Crippen molar-refractivity contribution in [2.24, 2.45) is 0 Å². The van der Waals surface area contributed by atoms with Crippen LogP contribution in [0.4, 0.5) is 5.82 Å². The number of allylic oxidation sites excluding steroid dienone is 4. The van der Waals surface area contributed by atoms with Crippen molar-refractivity contribution in [1.82, 2.24) is 9.97 Å². The van der Waals surface area contributed by atoms with Gasteiger partial charge in [0.1, 0.15) is 12.1 Å². The summed E-state index contributed by atoms with van der Waals surface area (Å²) >= 11 is 0. The Morgan fingerprint density at radius 3 is 2.57 bits per heavy atom. The zero-order valence-electron chi connectivity index (χ0n) is 16.5. The van der Waals surface area contributed by atoms with Crippen LogP contribution in [0.2, 0.25) is 0 Å². The number of aromatic nitrogens is 2. The minimum atomic E-state index is 0.0572. The highest BCUT2D eigenvalue weighted by Gasteiger charge is 2.18. The van der Waals surface area contributed by atoms with E-state index in [9.17, 15) is 9.59 Å². The van der Waals surface area contributed by atoms with Crippen LogP contribution in [0.1, 0.15) is 62.0 Å². The van der Waals surface area contributed by atoms with Gasteiger partial charge in [0.25, 0.3) is 0 Å². The minimum Gasteiger partial charge on any atom is -0.363 e. The summed E-state index contributed by atoms with van der Waals surface area (Å²) in [4.78, 5) is 32.8. The van der Waals surface area contributed by atoms with Crippen molar-refractivity contribution in [2.45, 2.75) is 46.1 Å². The quantitative estimate of drug-likeness (QED) is 0.701. The van der Waals surface area contributed by atoms with Crippen LogP contribution < -0.4 is 5.32 Å². The van der Waals surface area contributed by atoms with E-state index in [1.54, 1.807) is 6.20 Å². The van der Waals surface area contributed by atoms with Crippen LogP contribution in [0, 0.1) is 0 Å². The molecule has 0 saturated carbocycles. The van der Waals surface area contributed by atoms with E-state index in [0.717, 1.165) is 28.1 Å². The number of benzene rings is 1. The van der Waals surface area contributed by atoms with Crippen LogP contribution in [0.5, 0.6) is 0 Å². The maximum Gasteiger partial charge on any atom is 0.163 e. The molecule has 1 N–H and O–H groups in total. The molecular weight excluding hydrogens is 350 g/mol. The number of rotatable bonds is 7. The summed E-state index contributed by atoms with van der Waals surface area (Å²) in [6.07, 6.45) is 6.55. The van der Waals surface area contributed by atoms with Crippen molar-refractivity contribution in [1.29, 1.82) is 0 Å². The van der Waals surface area contributed by atoms with Crippen molar-refractivity contribution >= 4 is 17.4 Å². The predicted octanol–water partition coefficient (Wildman–Crippen LogP) is 4.85. The monoisotopic (exact) mass is 375 g/mol. The van der Waals surface area contributed by atoms with Gasteiger partial charge in [-0.15, -0.1) is 0 Å². The Morgan fingerprint density at radius 1 is 1.18 bits per heavy atom. The lowest BCUT2D eigenvalue weighted by Gasteiger charge is -2.16. The molecule has 3 rings (SSSR count). The van der Waals surface area contributed by atoms with E-state index >= 15 is 0 Å². The Kier molecular flexibility index (Phi) is 6.14. The highest BCUT2D eigenvalue weighted by Crippen LogP contribution is 2.25. The molecule has 1 aromatic carbocycles. The number of nitrogens with one attached hydrogen (secondary N) is 1. The van der Waals surface area contributed by atoms with Gasteiger partial charge in [0, 0.05) is 30.6 Å². The lowest BCUT2D eigenvalue weighted by atomic mass is 9.89. The van der Waals surface area contributed by atoms with Crippen molar-refractivity contribution < 1.29 is 9.59 Å². The van der Waals surface area contributed by atoms with Gasteiger partial charge in [-0.2, -0.15) is 0 Å². The van der Waals surface area contributed by atoms with Crippen molar-refractivity contribution in [3.63, 3.8) is 0 Å². The average molecular weight is 375 g/mol. The predicted molar refractivity (Wildman–Crippen MR) is 110 cm³/mol. The molecular formula is C23H25N3O2. The van der Waals surface area contributed by atoms with E-state index in [1.807, 2.05) is 57.2 Å². The summed E-state index contributed by atoms with van der Waals surface area (Å²) in [7, 11) is 0. The molecule has 0 aliphatic heterocycles. The molecule has 144 valence electrons. The first kappa shape index (κ1) is 19.7. The van der Waals surface area contributed by atoms with Gasteiger partial charge in [-0.05, 0) is 50.0 Å². The lowest BCUT2D eigenvalue weighted by molar-refractivity contribution is -0.115. The smallest absolute Gasteiger partial charge is 0.163 e. The first-order chi connectivity index (χ1) is 13.4. The second-order valence-corrected chi connectivity index (χ2v) is 7.26. The molecule has 2 aromatic rings. The highest BCUT2D eigenvalue weighted by molar-refractivity contribution is 6.01. The van der Waals surface area contributed by atoms with Gasteiger partial charge >= 0.3 is 0 Å². The summed E-state index contributed by atoms with van der Waals surface area (Å²) in [5.41, 5.74) is 4.60. The topological polar surface area (TPSA) is 72.0 Å². The van der Waals surface area contributed by atoms with Crippen LogP contribution in [-0.2, 0) is 4.79 Å². The van der Waals surface area contributed by atoms with Gasteiger partial charge in [-0.3, -0.25) is 9.59 Å². The molecule has 1 heterocycles. The summed E-state index contributed by atoms with van der Waals surface area (Å²) < 4.78 is 0. The van der Waals surface area contributed by atoms with E-state index in [4.69, 9.17) is 0 Å². The Labute approximate surface area is 165 Å². The molecule has 1 aliphatic carbocycles. The summed E-state index contributed by atoms with van der Waals surface area (Å²) in [5.74, 6) is 0.959. The number of anilines is 1. The molecule has 0 bridgehead atoms. The Hall–Kier alpha value is -3.08. The molecule has 0 fully saturated rings. The number of hydrogen-bond acceptors (Lipinski definition) is 5. The van der Waals surface area contributed by atoms with Gasteiger partial charge in [0.2, 0.25) is 0 Å². The SMILES string of the molecule is CC1=CC(C)=C(CCC(=O)c2ccc(C(C)Nc3ccncn3)cc2)C(=O)C1. The van der Waals surface area contributed by atoms with Crippen LogP contribution >= 0.6 is 0 Å². The van der Waals surface area contributed by atoms with E-state index in [2.05, 4.69) is 15.3 Å². The molecule has 0 spiro atoms. The zero-order valence-corrected chi connectivity index (χ0v) is 16.5. The lowest BCUT2D eigenvalue weighted by Crippen LogP contribution is -2.12. The first-order valence-corrected chi connectivity index (χ1v) is 9.50. The standard InChI is InChI=1S/C23H25N3O2/c1-15-12-16(2)20(22(28)13-15)8-9-21(27)19-6-4-18(5-7-19)17(3)26-23-10-11-24-14-25-23/h4-7,10-12,14,17H,8-9,13H2,1-3H3,(H,24,25,26). The molecule has 1 aliphatic rings. The number of nitrogens with zero attached hydrogens (tertiary/aromatic N) is 2. The number of ketones is 2. The van der Waals surface area contributed by atoms with Gasteiger partial charge in [0.05, 0.1) is 0 Å². The maximum atomic E-state index is 12.6. The summed E-state index contributed by atoms with van der Waals surface area (Å²) in [6.45, 7) is 5.95. The molecule has 28 heavy (non-hydrogen) atoms. The third-order valence-corrected chi connectivity index (χ3v) is 5.00. The second-order valence-electron chi connectivity index (χ2n) is 7.26. The average Bonchev–Trinajstić information content (AvgIpc) is 2.68. The van der Waals surface area contributed by atoms with Crippen molar-refractivity contribution in [3.8, 4) is 0 Å². The van der Waals surface area contributed by atoms with E-state index < -0.39 is 0 Å². The van der Waals surface area contributed by atoms with Gasteiger partial charge in [-0.1, -0.05) is 35.9 Å². The zero-order chi connectivity index (χ0) is 20.1. The Balaban J connectivity index is 1.61. The number of hydrogen-bond donors (Lipinski definition) is 1. The number of carbonyl (C=O) groups excluding carboxylic acids is 2. The van der Waals surface area contributed by atoms with Crippen molar-refractivity contribution in [2.75, 3.05) is 5.32 Å². The summed E-state index contributed by atoms with van der Waals surface area (Å²) in [6, 6.07) is 9.48. The number of Topliss-reactive ketones (excluding diaryl/α,β-unsaturated/α-hetero) is 2. The van der Waals surface area contributed by atoms with Crippen LogP contribution in [0.3, 0.4) is 0 Å². The van der Waals surface area contributed by atoms with Crippen LogP contribution in [-0.4, -0.2) is 21.5 Å². The fraction of sp³-hybridized carbons (Fsp3) is 0.304. The van der Waals surface area contributed by atoms with E-state index in [0.29, 0.717) is 24.8 Å². The number of carbonyl (C=O) groups is 2. The molecule has 0 amide bonds. The van der Waals surface area contributed by atoms with E-state index in [1.165, 1.54) is 6.33 Å². The molecule has 0 saturated heterocycles. The minimum absolute atomic E-state index is 0.0572. The fourth-order valence-corrected chi connectivity index (χ4v) is 3.45. The van der Waals surface area contributed by atoms with Crippen LogP contribution in [0.15, 0.2) is 65.7 Å². The fourth-order valence-electron chi connectivity index (χ4n) is 3.45.